The van der Waals surface area contributed by atoms with Gasteiger partial charge in [-0.2, -0.15) is 5.26 Å². The van der Waals surface area contributed by atoms with Gasteiger partial charge in [-0.05, 0) is 70.6 Å². The van der Waals surface area contributed by atoms with E-state index in [4.69, 9.17) is 4.74 Å². The van der Waals surface area contributed by atoms with Gasteiger partial charge in [-0.3, -0.25) is 14.5 Å². The Morgan fingerprint density at radius 3 is 2.51 bits per heavy atom. The van der Waals surface area contributed by atoms with Crippen molar-refractivity contribution in [1.29, 1.82) is 5.26 Å². The summed E-state index contributed by atoms with van der Waals surface area (Å²) in [7, 11) is 0. The number of fused-ring (bicyclic) bond motifs is 2. The Bertz CT molecular complexity index is 1150. The number of alkyl carbamates (subject to hydrolysis) is 1. The van der Waals surface area contributed by atoms with Crippen LogP contribution in [0, 0.1) is 17.1 Å². The summed E-state index contributed by atoms with van der Waals surface area (Å²) in [5.74, 6) is -0.593. The highest BCUT2D eigenvalue weighted by molar-refractivity contribution is 5.88. The van der Waals surface area contributed by atoms with E-state index in [2.05, 4.69) is 11.4 Å². The lowest BCUT2D eigenvalue weighted by Gasteiger charge is -2.46. The molecule has 0 radical (unpaired) electrons. The lowest BCUT2D eigenvalue weighted by Crippen LogP contribution is -2.61. The first-order valence-corrected chi connectivity index (χ1v) is 14.1. The zero-order chi connectivity index (χ0) is 27.9. The zero-order valence-electron chi connectivity index (χ0n) is 23.0. The number of ether oxygens (including phenoxy) is 1. The topological polar surface area (TPSA) is 106 Å². The van der Waals surface area contributed by atoms with Crippen molar-refractivity contribution in [2.75, 3.05) is 19.6 Å². The first kappa shape index (κ1) is 27.4. The van der Waals surface area contributed by atoms with Gasteiger partial charge in [0, 0.05) is 25.7 Å². The predicted octanol–water partition coefficient (Wildman–Crippen LogP) is 3.29. The number of hydrogen-bond acceptors (Lipinski definition) is 6. The van der Waals surface area contributed by atoms with Crippen LogP contribution in [0.15, 0.2) is 24.3 Å². The third-order valence-electron chi connectivity index (χ3n) is 8.63. The van der Waals surface area contributed by atoms with Crippen molar-refractivity contribution in [3.63, 3.8) is 0 Å². The standard InChI is InChI=1S/C29H38FN5O4/c1-28(2,3)39-27(38)32-23(25(36)34-14-6-7-21(34)16-31)18-33-17-22-15-24(33)26(37)35(22)29(12-4-5-13-29)19-8-10-20(30)11-9-19/h8-11,21-24H,4-7,12-15,17-18H2,1-3H3,(H,32,38). The molecular weight excluding hydrogens is 501 g/mol. The van der Waals surface area contributed by atoms with E-state index in [1.54, 1.807) is 32.9 Å². The quantitative estimate of drug-likeness (QED) is 0.595. The van der Waals surface area contributed by atoms with Crippen molar-refractivity contribution >= 4 is 17.9 Å². The number of hydrogen-bond donors (Lipinski definition) is 1. The third-order valence-corrected chi connectivity index (χ3v) is 8.63. The molecule has 39 heavy (non-hydrogen) atoms. The summed E-state index contributed by atoms with van der Waals surface area (Å²) >= 11 is 0. The van der Waals surface area contributed by atoms with Crippen LogP contribution in [-0.2, 0) is 19.9 Å². The smallest absolute Gasteiger partial charge is 0.408 e. The molecule has 10 heteroatoms. The van der Waals surface area contributed by atoms with Gasteiger partial charge < -0.3 is 19.9 Å². The van der Waals surface area contributed by atoms with Crippen molar-refractivity contribution < 1.29 is 23.5 Å². The molecule has 0 aromatic heterocycles. The van der Waals surface area contributed by atoms with E-state index in [0.29, 0.717) is 25.9 Å². The summed E-state index contributed by atoms with van der Waals surface area (Å²) in [6.45, 7) is 6.47. The maximum atomic E-state index is 13.9. The molecule has 3 amide bonds. The molecule has 3 aliphatic heterocycles. The molecule has 3 heterocycles. The van der Waals surface area contributed by atoms with E-state index in [1.165, 1.54) is 17.0 Å². The zero-order valence-corrected chi connectivity index (χ0v) is 23.0. The first-order valence-electron chi connectivity index (χ1n) is 14.1. The Morgan fingerprint density at radius 1 is 1.21 bits per heavy atom. The van der Waals surface area contributed by atoms with Gasteiger partial charge in [-0.25, -0.2) is 9.18 Å². The van der Waals surface area contributed by atoms with Gasteiger partial charge in [-0.1, -0.05) is 25.0 Å². The minimum absolute atomic E-state index is 0.0250. The van der Waals surface area contributed by atoms with Crippen LogP contribution in [0.25, 0.3) is 0 Å². The van der Waals surface area contributed by atoms with Crippen molar-refractivity contribution in [3.05, 3.63) is 35.6 Å². The Hall–Kier alpha value is -3.19. The summed E-state index contributed by atoms with van der Waals surface area (Å²) in [5, 5.41) is 12.3. The summed E-state index contributed by atoms with van der Waals surface area (Å²) < 4.78 is 19.1. The van der Waals surface area contributed by atoms with Crippen molar-refractivity contribution in [2.45, 2.75) is 101 Å². The molecule has 4 atom stereocenters. The molecule has 5 rings (SSSR count). The van der Waals surface area contributed by atoms with Gasteiger partial charge >= 0.3 is 6.09 Å². The van der Waals surface area contributed by atoms with Crippen molar-refractivity contribution in [2.24, 2.45) is 0 Å². The van der Waals surface area contributed by atoms with E-state index in [-0.39, 0.29) is 30.2 Å². The number of carbonyl (C=O) groups is 3. The maximum absolute atomic E-state index is 13.9. The molecular formula is C29H38FN5O4. The number of piperazine rings is 1. The second kappa shape index (κ2) is 10.4. The Kier molecular flexibility index (Phi) is 7.31. The number of likely N-dealkylation sites (tertiary alicyclic amines) is 3. The summed E-state index contributed by atoms with van der Waals surface area (Å²) in [6.07, 6.45) is 5.00. The number of halogens is 1. The molecule has 9 nitrogen and oxygen atoms in total. The van der Waals surface area contributed by atoms with E-state index in [9.17, 15) is 24.0 Å². The van der Waals surface area contributed by atoms with Crippen LogP contribution in [0.5, 0.6) is 0 Å². The van der Waals surface area contributed by atoms with Gasteiger partial charge in [0.05, 0.1) is 17.6 Å². The van der Waals surface area contributed by atoms with Gasteiger partial charge in [0.2, 0.25) is 11.8 Å². The minimum atomic E-state index is -0.938. The number of nitrogens with zero attached hydrogens (tertiary/aromatic N) is 4. The minimum Gasteiger partial charge on any atom is -0.444 e. The summed E-state index contributed by atoms with van der Waals surface area (Å²) in [6, 6.07) is 6.85. The second-order valence-electron chi connectivity index (χ2n) is 12.3. The Balaban J connectivity index is 1.35. The molecule has 4 aliphatic rings. The molecule has 1 N–H and O–H groups in total. The second-order valence-corrected chi connectivity index (χ2v) is 12.3. The monoisotopic (exact) mass is 539 g/mol. The highest BCUT2D eigenvalue weighted by Crippen LogP contribution is 2.50. The lowest BCUT2D eigenvalue weighted by atomic mass is 9.85. The van der Waals surface area contributed by atoms with Crippen molar-refractivity contribution in [3.8, 4) is 6.07 Å². The van der Waals surface area contributed by atoms with Crippen LogP contribution < -0.4 is 5.32 Å². The average molecular weight is 540 g/mol. The van der Waals surface area contributed by atoms with Gasteiger partial charge in [-0.15, -0.1) is 0 Å². The fourth-order valence-electron chi connectivity index (χ4n) is 7.05. The molecule has 210 valence electrons. The highest BCUT2D eigenvalue weighted by Gasteiger charge is 2.58. The average Bonchev–Trinajstić information content (AvgIpc) is 3.66. The molecule has 4 fully saturated rings. The van der Waals surface area contributed by atoms with Crippen LogP contribution in [0.2, 0.25) is 0 Å². The number of carbonyl (C=O) groups excluding carboxylic acids is 3. The van der Waals surface area contributed by atoms with Crippen LogP contribution in [0.4, 0.5) is 9.18 Å². The molecule has 1 aromatic rings. The Morgan fingerprint density at radius 2 is 1.90 bits per heavy atom. The normalized spacial score (nSPS) is 27.1. The molecule has 4 unspecified atom stereocenters. The number of rotatable bonds is 6. The largest absolute Gasteiger partial charge is 0.444 e. The van der Waals surface area contributed by atoms with Crippen molar-refractivity contribution in [1.82, 2.24) is 20.0 Å². The number of benzene rings is 1. The predicted molar refractivity (Wildman–Crippen MR) is 141 cm³/mol. The summed E-state index contributed by atoms with van der Waals surface area (Å²) in [5.41, 5.74) is -0.194. The van der Waals surface area contributed by atoms with E-state index < -0.39 is 35.4 Å². The number of nitrogens with one attached hydrogen (secondary N) is 1. The molecule has 1 aliphatic carbocycles. The van der Waals surface area contributed by atoms with E-state index in [0.717, 1.165) is 37.7 Å². The fraction of sp³-hybridized carbons (Fsp3) is 0.655. The molecule has 1 aromatic carbocycles. The lowest BCUT2D eigenvalue weighted by molar-refractivity contribution is -0.146. The van der Waals surface area contributed by atoms with E-state index in [1.807, 2.05) is 9.80 Å². The Labute approximate surface area is 229 Å². The van der Waals surface area contributed by atoms with Crippen LogP contribution in [0.1, 0.15) is 71.3 Å². The van der Waals surface area contributed by atoms with Gasteiger partial charge in [0.15, 0.2) is 0 Å². The molecule has 0 spiro atoms. The molecule has 2 bridgehead atoms. The molecule has 1 saturated carbocycles. The van der Waals surface area contributed by atoms with Gasteiger partial charge in [0.25, 0.3) is 0 Å². The first-order chi connectivity index (χ1) is 18.5. The third kappa shape index (κ3) is 5.21. The highest BCUT2D eigenvalue weighted by atomic mass is 19.1. The van der Waals surface area contributed by atoms with Gasteiger partial charge in [0.1, 0.15) is 23.5 Å². The maximum Gasteiger partial charge on any atom is 0.408 e. The SMILES string of the molecule is CC(C)(C)OC(=O)NC(CN1CC2CC1C(=O)N2C1(c2ccc(F)cc2)CCCC1)C(=O)N1CCCC1C#N. The van der Waals surface area contributed by atoms with E-state index >= 15 is 0 Å². The number of amides is 3. The van der Waals surface area contributed by atoms with Crippen LogP contribution in [-0.4, -0.2) is 82.0 Å². The van der Waals surface area contributed by atoms with Crippen LogP contribution >= 0.6 is 0 Å². The molecule has 3 saturated heterocycles. The number of nitriles is 1. The fourth-order valence-corrected chi connectivity index (χ4v) is 7.05. The summed E-state index contributed by atoms with van der Waals surface area (Å²) in [4.78, 5) is 45.7. The van der Waals surface area contributed by atoms with Crippen LogP contribution in [0.3, 0.4) is 0 Å².